The summed E-state index contributed by atoms with van der Waals surface area (Å²) >= 11 is 0. The summed E-state index contributed by atoms with van der Waals surface area (Å²) in [6.07, 6.45) is 3.38. The Morgan fingerprint density at radius 2 is 2.25 bits per heavy atom. The largest absolute Gasteiger partial charge is 0.370 e. The predicted molar refractivity (Wildman–Crippen MR) is 80.7 cm³/mol. The Kier molecular flexibility index (Phi) is 4.80. The van der Waals surface area contributed by atoms with Crippen molar-refractivity contribution >= 4 is 21.6 Å². The number of hydrogen-bond donors (Lipinski definition) is 2. The van der Waals surface area contributed by atoms with Gasteiger partial charge in [0.25, 0.3) is 0 Å². The molecule has 2 rings (SSSR count). The Morgan fingerprint density at radius 3 is 2.90 bits per heavy atom. The van der Waals surface area contributed by atoms with Crippen LogP contribution in [0.5, 0.6) is 0 Å². The van der Waals surface area contributed by atoms with Gasteiger partial charge in [0.1, 0.15) is 5.82 Å². The van der Waals surface area contributed by atoms with Crippen LogP contribution >= 0.6 is 0 Å². The minimum absolute atomic E-state index is 0.0779. The highest BCUT2D eigenvalue weighted by atomic mass is 32.2. The van der Waals surface area contributed by atoms with Gasteiger partial charge in [-0.25, -0.2) is 13.4 Å². The second-order valence-corrected chi connectivity index (χ2v) is 7.85. The molecule has 20 heavy (non-hydrogen) atoms. The molecular weight excluding hydrogens is 276 g/mol. The van der Waals surface area contributed by atoms with Gasteiger partial charge in [-0.15, -0.1) is 0 Å². The molecule has 7 heteroatoms. The first-order chi connectivity index (χ1) is 9.44. The number of hydrogen-bond acceptors (Lipinski definition) is 6. The van der Waals surface area contributed by atoms with E-state index in [1.807, 2.05) is 6.07 Å². The molecule has 0 aliphatic carbocycles. The third-order valence-corrected chi connectivity index (χ3v) is 5.02. The van der Waals surface area contributed by atoms with E-state index in [1.54, 1.807) is 6.20 Å². The molecule has 6 nitrogen and oxygen atoms in total. The molecule has 1 unspecified atom stereocenters. The summed E-state index contributed by atoms with van der Waals surface area (Å²) in [6, 6.07) is 1.74. The standard InChI is InChI=1S/C13H22N4O2S/c1-10(2)3-6-14-12-4-7-15-13(17-12)16-11-5-8-20(18,19)9-11/h4,7,10-11H,3,5-6,8-9H2,1-2H3,(H2,14,15,16,17). The maximum atomic E-state index is 11.4. The van der Waals surface area contributed by atoms with E-state index < -0.39 is 9.84 Å². The number of anilines is 2. The maximum absolute atomic E-state index is 11.4. The predicted octanol–water partition coefficient (Wildman–Crippen LogP) is 1.53. The minimum Gasteiger partial charge on any atom is -0.370 e. The molecule has 1 aromatic rings. The lowest BCUT2D eigenvalue weighted by Crippen LogP contribution is -2.22. The molecule has 2 N–H and O–H groups in total. The van der Waals surface area contributed by atoms with Crippen molar-refractivity contribution < 1.29 is 8.42 Å². The molecule has 2 heterocycles. The molecule has 0 aromatic carbocycles. The zero-order valence-electron chi connectivity index (χ0n) is 12.0. The molecule has 0 spiro atoms. The van der Waals surface area contributed by atoms with Crippen molar-refractivity contribution in [1.82, 2.24) is 9.97 Å². The Balaban J connectivity index is 1.89. The summed E-state index contributed by atoms with van der Waals surface area (Å²) in [5.41, 5.74) is 0. The van der Waals surface area contributed by atoms with Gasteiger partial charge in [0, 0.05) is 18.8 Å². The zero-order chi connectivity index (χ0) is 14.6. The van der Waals surface area contributed by atoms with E-state index in [-0.39, 0.29) is 17.5 Å². The fourth-order valence-electron chi connectivity index (χ4n) is 2.11. The van der Waals surface area contributed by atoms with E-state index in [9.17, 15) is 8.42 Å². The lowest BCUT2D eigenvalue weighted by molar-refractivity contribution is 0.602. The van der Waals surface area contributed by atoms with Gasteiger partial charge in [0.2, 0.25) is 5.95 Å². The number of nitrogens with one attached hydrogen (secondary N) is 2. The monoisotopic (exact) mass is 298 g/mol. The first kappa shape index (κ1) is 15.0. The van der Waals surface area contributed by atoms with E-state index in [2.05, 4.69) is 34.4 Å². The number of nitrogens with zero attached hydrogens (tertiary/aromatic N) is 2. The second-order valence-electron chi connectivity index (χ2n) is 5.62. The highest BCUT2D eigenvalue weighted by molar-refractivity contribution is 7.91. The van der Waals surface area contributed by atoms with E-state index in [1.165, 1.54) is 0 Å². The van der Waals surface area contributed by atoms with Gasteiger partial charge in [0.15, 0.2) is 9.84 Å². The van der Waals surface area contributed by atoms with Gasteiger partial charge in [-0.1, -0.05) is 13.8 Å². The average Bonchev–Trinajstić information content (AvgIpc) is 2.68. The van der Waals surface area contributed by atoms with Gasteiger partial charge < -0.3 is 10.6 Å². The topological polar surface area (TPSA) is 84.0 Å². The zero-order valence-corrected chi connectivity index (χ0v) is 12.8. The van der Waals surface area contributed by atoms with Crippen LogP contribution < -0.4 is 10.6 Å². The summed E-state index contributed by atoms with van der Waals surface area (Å²) in [4.78, 5) is 8.49. The van der Waals surface area contributed by atoms with Gasteiger partial charge in [-0.3, -0.25) is 0 Å². The number of rotatable bonds is 6. The van der Waals surface area contributed by atoms with Crippen LogP contribution in [0.3, 0.4) is 0 Å². The molecule has 1 saturated heterocycles. The van der Waals surface area contributed by atoms with Crippen molar-refractivity contribution in [3.63, 3.8) is 0 Å². The molecule has 0 radical (unpaired) electrons. The Labute approximate surface area is 120 Å². The van der Waals surface area contributed by atoms with Crippen molar-refractivity contribution in [3.05, 3.63) is 12.3 Å². The van der Waals surface area contributed by atoms with Crippen LogP contribution in [0, 0.1) is 5.92 Å². The fraction of sp³-hybridized carbons (Fsp3) is 0.692. The quantitative estimate of drug-likeness (QED) is 0.828. The smallest absolute Gasteiger partial charge is 0.224 e. The van der Waals surface area contributed by atoms with E-state index in [0.717, 1.165) is 18.8 Å². The van der Waals surface area contributed by atoms with Gasteiger partial charge >= 0.3 is 0 Å². The second kappa shape index (κ2) is 6.39. The summed E-state index contributed by atoms with van der Waals surface area (Å²) in [5, 5.41) is 6.34. The lowest BCUT2D eigenvalue weighted by Gasteiger charge is -2.12. The summed E-state index contributed by atoms with van der Waals surface area (Å²) in [7, 11) is -2.88. The molecular formula is C13H22N4O2S. The van der Waals surface area contributed by atoms with Crippen LogP contribution in [-0.4, -0.2) is 42.5 Å². The molecule has 1 atom stereocenters. The maximum Gasteiger partial charge on any atom is 0.224 e. The van der Waals surface area contributed by atoms with Crippen LogP contribution in [0.4, 0.5) is 11.8 Å². The summed E-state index contributed by atoms with van der Waals surface area (Å²) in [5.74, 6) is 2.31. The highest BCUT2D eigenvalue weighted by Crippen LogP contribution is 2.16. The fourth-order valence-corrected chi connectivity index (χ4v) is 3.78. The molecule has 1 aromatic heterocycles. The van der Waals surface area contributed by atoms with Crippen LogP contribution in [-0.2, 0) is 9.84 Å². The average molecular weight is 298 g/mol. The van der Waals surface area contributed by atoms with Crippen molar-refractivity contribution in [1.29, 1.82) is 0 Å². The lowest BCUT2D eigenvalue weighted by atomic mass is 10.1. The first-order valence-corrected chi connectivity index (χ1v) is 8.80. The molecule has 0 bridgehead atoms. The highest BCUT2D eigenvalue weighted by Gasteiger charge is 2.28. The molecule has 0 amide bonds. The van der Waals surface area contributed by atoms with Gasteiger partial charge in [-0.05, 0) is 24.8 Å². The van der Waals surface area contributed by atoms with E-state index >= 15 is 0 Å². The van der Waals surface area contributed by atoms with Crippen LogP contribution in [0.1, 0.15) is 26.7 Å². The number of aromatic nitrogens is 2. The van der Waals surface area contributed by atoms with Gasteiger partial charge in [0.05, 0.1) is 11.5 Å². The van der Waals surface area contributed by atoms with E-state index in [0.29, 0.717) is 18.3 Å². The third kappa shape index (κ3) is 4.63. The van der Waals surface area contributed by atoms with Crippen LogP contribution in [0.25, 0.3) is 0 Å². The molecule has 1 aliphatic rings. The number of sulfone groups is 1. The van der Waals surface area contributed by atoms with Crippen molar-refractivity contribution in [2.75, 3.05) is 28.7 Å². The van der Waals surface area contributed by atoms with Crippen molar-refractivity contribution in [2.45, 2.75) is 32.7 Å². The molecule has 1 fully saturated rings. The Bertz CT molecular complexity index is 545. The minimum atomic E-state index is -2.88. The van der Waals surface area contributed by atoms with Crippen LogP contribution in [0.2, 0.25) is 0 Å². The summed E-state index contributed by atoms with van der Waals surface area (Å²) < 4.78 is 22.8. The third-order valence-electron chi connectivity index (χ3n) is 3.25. The summed E-state index contributed by atoms with van der Waals surface area (Å²) in [6.45, 7) is 5.22. The van der Waals surface area contributed by atoms with Crippen LogP contribution in [0.15, 0.2) is 12.3 Å². The molecule has 112 valence electrons. The van der Waals surface area contributed by atoms with E-state index in [4.69, 9.17) is 0 Å². The van der Waals surface area contributed by atoms with Crippen molar-refractivity contribution in [2.24, 2.45) is 5.92 Å². The SMILES string of the molecule is CC(C)CCNc1ccnc(NC2CCS(=O)(=O)C2)n1. The molecule has 1 aliphatic heterocycles. The normalized spacial score (nSPS) is 21.1. The molecule has 0 saturated carbocycles. The Hall–Kier alpha value is -1.37. The van der Waals surface area contributed by atoms with Gasteiger partial charge in [-0.2, -0.15) is 4.98 Å². The Morgan fingerprint density at radius 1 is 1.45 bits per heavy atom. The van der Waals surface area contributed by atoms with Crippen molar-refractivity contribution in [3.8, 4) is 0 Å². The first-order valence-electron chi connectivity index (χ1n) is 6.98.